The van der Waals surface area contributed by atoms with Crippen LogP contribution in [0.4, 0.5) is 5.69 Å². The average Bonchev–Trinajstić information content (AvgIpc) is 3.16. The Morgan fingerprint density at radius 2 is 1.53 bits per heavy atom. The van der Waals surface area contributed by atoms with E-state index in [2.05, 4.69) is 5.32 Å². The largest absolute Gasteiger partial charge is 0.497 e. The lowest BCUT2D eigenvalue weighted by atomic mass is 10.1. The van der Waals surface area contributed by atoms with E-state index in [0.717, 1.165) is 0 Å². The summed E-state index contributed by atoms with van der Waals surface area (Å²) in [5.41, 5.74) is 1.33. The Balaban J connectivity index is 1.56. The summed E-state index contributed by atoms with van der Waals surface area (Å²) >= 11 is 0. The predicted molar refractivity (Wildman–Crippen MR) is 113 cm³/mol. The van der Waals surface area contributed by atoms with Crippen molar-refractivity contribution in [3.05, 3.63) is 90.2 Å². The smallest absolute Gasteiger partial charge is 0.262 e. The SMILES string of the molecule is COc1ccc(OCC(=O)Nc2c(C(=O)c3ccccc3)oc3ccccc23)cc1. The number of anilines is 1. The van der Waals surface area contributed by atoms with Crippen LogP contribution in [-0.4, -0.2) is 25.4 Å². The summed E-state index contributed by atoms with van der Waals surface area (Å²) < 4.78 is 16.4. The number of carbonyl (C=O) groups is 2. The second kappa shape index (κ2) is 8.53. The molecule has 0 saturated heterocycles. The van der Waals surface area contributed by atoms with Crippen LogP contribution in [0.2, 0.25) is 0 Å². The number of nitrogens with one attached hydrogen (secondary N) is 1. The van der Waals surface area contributed by atoms with E-state index in [1.165, 1.54) is 0 Å². The van der Waals surface area contributed by atoms with Gasteiger partial charge in [-0.05, 0) is 36.4 Å². The topological polar surface area (TPSA) is 77.8 Å². The van der Waals surface area contributed by atoms with E-state index in [0.29, 0.717) is 33.7 Å². The highest BCUT2D eigenvalue weighted by atomic mass is 16.5. The number of para-hydroxylation sites is 1. The summed E-state index contributed by atoms with van der Waals surface area (Å²) in [5, 5.41) is 3.42. The lowest BCUT2D eigenvalue weighted by Gasteiger charge is -2.08. The third-order valence-corrected chi connectivity index (χ3v) is 4.53. The highest BCUT2D eigenvalue weighted by molar-refractivity contribution is 6.17. The van der Waals surface area contributed by atoms with Gasteiger partial charge in [0.1, 0.15) is 17.1 Å². The summed E-state index contributed by atoms with van der Waals surface area (Å²) in [6, 6.07) is 22.9. The van der Waals surface area contributed by atoms with Crippen molar-refractivity contribution >= 4 is 28.3 Å². The molecular formula is C24H19NO5. The van der Waals surface area contributed by atoms with Gasteiger partial charge in [-0.1, -0.05) is 42.5 Å². The number of furan rings is 1. The van der Waals surface area contributed by atoms with Gasteiger partial charge in [-0.2, -0.15) is 0 Å². The molecule has 4 rings (SSSR count). The number of benzene rings is 3. The Morgan fingerprint density at radius 3 is 2.27 bits per heavy atom. The number of methoxy groups -OCH3 is 1. The molecule has 0 aliphatic rings. The molecule has 1 heterocycles. The van der Waals surface area contributed by atoms with Gasteiger partial charge in [0, 0.05) is 10.9 Å². The summed E-state index contributed by atoms with van der Waals surface area (Å²) in [5.74, 6) is 0.599. The number of fused-ring (bicyclic) bond motifs is 1. The minimum Gasteiger partial charge on any atom is -0.497 e. The third kappa shape index (κ3) is 4.03. The van der Waals surface area contributed by atoms with Gasteiger partial charge in [0.05, 0.1) is 12.8 Å². The van der Waals surface area contributed by atoms with Crippen molar-refractivity contribution in [2.45, 2.75) is 0 Å². The summed E-state index contributed by atoms with van der Waals surface area (Å²) in [7, 11) is 1.58. The van der Waals surface area contributed by atoms with Crippen molar-refractivity contribution in [1.82, 2.24) is 0 Å². The summed E-state index contributed by atoms with van der Waals surface area (Å²) in [6.07, 6.45) is 0. The highest BCUT2D eigenvalue weighted by Crippen LogP contribution is 2.32. The van der Waals surface area contributed by atoms with E-state index in [9.17, 15) is 9.59 Å². The van der Waals surface area contributed by atoms with Crippen LogP contribution in [0.15, 0.2) is 83.3 Å². The second-order valence-corrected chi connectivity index (χ2v) is 6.51. The zero-order chi connectivity index (χ0) is 20.9. The van der Waals surface area contributed by atoms with Crippen LogP contribution in [-0.2, 0) is 4.79 Å². The van der Waals surface area contributed by atoms with Crippen molar-refractivity contribution in [3.8, 4) is 11.5 Å². The molecule has 3 aromatic carbocycles. The number of ketones is 1. The monoisotopic (exact) mass is 401 g/mol. The van der Waals surface area contributed by atoms with Gasteiger partial charge in [0.15, 0.2) is 12.4 Å². The molecule has 0 spiro atoms. The molecule has 0 aliphatic heterocycles. The molecule has 4 aromatic rings. The van der Waals surface area contributed by atoms with Crippen LogP contribution in [0.25, 0.3) is 11.0 Å². The molecule has 0 radical (unpaired) electrons. The Kier molecular flexibility index (Phi) is 5.48. The molecule has 6 nitrogen and oxygen atoms in total. The molecule has 30 heavy (non-hydrogen) atoms. The number of rotatable bonds is 7. The van der Waals surface area contributed by atoms with Gasteiger partial charge in [-0.3, -0.25) is 9.59 Å². The molecule has 6 heteroatoms. The Morgan fingerprint density at radius 1 is 0.867 bits per heavy atom. The maximum atomic E-state index is 13.0. The average molecular weight is 401 g/mol. The third-order valence-electron chi connectivity index (χ3n) is 4.53. The molecule has 0 unspecified atom stereocenters. The summed E-state index contributed by atoms with van der Waals surface area (Å²) in [6.45, 7) is -0.217. The van der Waals surface area contributed by atoms with E-state index in [-0.39, 0.29) is 18.2 Å². The fourth-order valence-electron chi connectivity index (χ4n) is 3.05. The molecule has 0 atom stereocenters. The molecule has 150 valence electrons. The first-order valence-corrected chi connectivity index (χ1v) is 9.33. The van der Waals surface area contributed by atoms with Crippen molar-refractivity contribution in [1.29, 1.82) is 0 Å². The fourth-order valence-corrected chi connectivity index (χ4v) is 3.05. The lowest BCUT2D eigenvalue weighted by Crippen LogP contribution is -2.21. The number of hydrogen-bond donors (Lipinski definition) is 1. The van der Waals surface area contributed by atoms with Gasteiger partial charge in [-0.25, -0.2) is 0 Å². The first kappa shape index (κ1) is 19.3. The molecule has 0 aliphatic carbocycles. The normalized spacial score (nSPS) is 10.6. The van der Waals surface area contributed by atoms with Crippen LogP contribution in [0, 0.1) is 0 Å². The van der Waals surface area contributed by atoms with Crippen LogP contribution < -0.4 is 14.8 Å². The summed E-state index contributed by atoms with van der Waals surface area (Å²) in [4.78, 5) is 25.5. The van der Waals surface area contributed by atoms with Crippen molar-refractivity contribution in [2.75, 3.05) is 19.0 Å². The zero-order valence-corrected chi connectivity index (χ0v) is 16.3. The van der Waals surface area contributed by atoms with Gasteiger partial charge < -0.3 is 19.2 Å². The Hall–Kier alpha value is -4.06. The predicted octanol–water partition coefficient (Wildman–Crippen LogP) is 4.69. The quantitative estimate of drug-likeness (QED) is 0.455. The maximum absolute atomic E-state index is 13.0. The van der Waals surface area contributed by atoms with Crippen molar-refractivity contribution in [2.24, 2.45) is 0 Å². The molecule has 0 bridgehead atoms. The minimum absolute atomic E-state index is 0.0835. The Bertz CT molecular complexity index is 1180. The maximum Gasteiger partial charge on any atom is 0.262 e. The van der Waals surface area contributed by atoms with E-state index in [4.69, 9.17) is 13.9 Å². The number of carbonyl (C=O) groups excluding carboxylic acids is 2. The minimum atomic E-state index is -0.403. The Labute approximate surface area is 173 Å². The zero-order valence-electron chi connectivity index (χ0n) is 16.3. The van der Waals surface area contributed by atoms with Gasteiger partial charge in [-0.15, -0.1) is 0 Å². The number of hydrogen-bond acceptors (Lipinski definition) is 5. The van der Waals surface area contributed by atoms with E-state index in [1.54, 1.807) is 73.8 Å². The van der Waals surface area contributed by atoms with Crippen molar-refractivity contribution in [3.63, 3.8) is 0 Å². The highest BCUT2D eigenvalue weighted by Gasteiger charge is 2.23. The lowest BCUT2D eigenvalue weighted by molar-refractivity contribution is -0.118. The van der Waals surface area contributed by atoms with Crippen LogP contribution >= 0.6 is 0 Å². The molecule has 1 N–H and O–H groups in total. The molecule has 0 fully saturated rings. The number of ether oxygens (including phenoxy) is 2. The van der Waals surface area contributed by atoms with Crippen LogP contribution in [0.3, 0.4) is 0 Å². The standard InChI is InChI=1S/C24H19NO5/c1-28-17-11-13-18(14-12-17)29-15-21(26)25-22-19-9-5-6-10-20(19)30-24(22)23(27)16-7-3-2-4-8-16/h2-14H,15H2,1H3,(H,25,26). The first-order valence-electron chi connectivity index (χ1n) is 9.33. The molecule has 1 amide bonds. The fraction of sp³-hybridized carbons (Fsp3) is 0.0833. The van der Waals surface area contributed by atoms with Crippen LogP contribution in [0.1, 0.15) is 16.1 Å². The molecule has 1 aromatic heterocycles. The first-order chi connectivity index (χ1) is 14.7. The van der Waals surface area contributed by atoms with Gasteiger partial charge >= 0.3 is 0 Å². The van der Waals surface area contributed by atoms with E-state index >= 15 is 0 Å². The van der Waals surface area contributed by atoms with Gasteiger partial charge in [0.25, 0.3) is 5.91 Å². The number of amides is 1. The molecular weight excluding hydrogens is 382 g/mol. The van der Waals surface area contributed by atoms with E-state index < -0.39 is 5.91 Å². The van der Waals surface area contributed by atoms with Crippen molar-refractivity contribution < 1.29 is 23.5 Å². The second-order valence-electron chi connectivity index (χ2n) is 6.51. The van der Waals surface area contributed by atoms with Crippen LogP contribution in [0.5, 0.6) is 11.5 Å². The van der Waals surface area contributed by atoms with E-state index in [1.807, 2.05) is 12.1 Å². The molecule has 0 saturated carbocycles. The van der Waals surface area contributed by atoms with Gasteiger partial charge in [0.2, 0.25) is 5.78 Å².